The lowest BCUT2D eigenvalue weighted by molar-refractivity contribution is 0.0979. The molecule has 130 valence electrons. The Morgan fingerprint density at radius 2 is 1.79 bits per heavy atom. The Balaban J connectivity index is 1.51. The Morgan fingerprint density at radius 3 is 2.58 bits per heavy atom. The van der Waals surface area contributed by atoms with Crippen LogP contribution in [-0.2, 0) is 7.05 Å². The number of unbranched alkanes of at least 4 members (excludes halogenated alkanes) is 2. The molecule has 0 atom stereocenters. The summed E-state index contributed by atoms with van der Waals surface area (Å²) in [7, 11) is 2.05. The minimum Gasteiger partial charge on any atom is -0.347 e. The number of nitrogens with zero attached hydrogens (tertiary/aromatic N) is 2. The number of hydrogen-bond donors (Lipinski definition) is 0. The maximum absolute atomic E-state index is 12.7. The lowest BCUT2D eigenvalue weighted by Crippen LogP contribution is -2.30. The largest absolute Gasteiger partial charge is 0.347 e. The smallest absolute Gasteiger partial charge is 0.165 e. The predicted octanol–water partition coefficient (Wildman–Crippen LogP) is 4.72. The molecule has 2 heterocycles. The topological polar surface area (TPSA) is 25.2 Å². The number of rotatable bonds is 7. The number of para-hydroxylation sites is 1. The van der Waals surface area contributed by atoms with E-state index in [1.54, 1.807) is 0 Å². The molecule has 1 aliphatic heterocycles. The van der Waals surface area contributed by atoms with E-state index in [9.17, 15) is 4.79 Å². The van der Waals surface area contributed by atoms with Crippen molar-refractivity contribution in [2.45, 2.75) is 51.9 Å². The van der Waals surface area contributed by atoms with Crippen LogP contribution in [0.5, 0.6) is 0 Å². The van der Waals surface area contributed by atoms with Gasteiger partial charge in [-0.1, -0.05) is 31.0 Å². The molecule has 3 rings (SSSR count). The Labute approximate surface area is 145 Å². The number of aromatic nitrogens is 1. The minimum absolute atomic E-state index is 0.308. The van der Waals surface area contributed by atoms with Crippen LogP contribution in [-0.4, -0.2) is 34.9 Å². The molecule has 1 fully saturated rings. The highest BCUT2D eigenvalue weighted by Crippen LogP contribution is 2.26. The van der Waals surface area contributed by atoms with Gasteiger partial charge in [-0.3, -0.25) is 4.79 Å². The van der Waals surface area contributed by atoms with Gasteiger partial charge in [0.2, 0.25) is 0 Å². The molecule has 1 aromatic carbocycles. The maximum atomic E-state index is 12.7. The van der Waals surface area contributed by atoms with Crippen LogP contribution in [0, 0.1) is 6.92 Å². The predicted molar refractivity (Wildman–Crippen MR) is 101 cm³/mol. The molecule has 3 heteroatoms. The van der Waals surface area contributed by atoms with Gasteiger partial charge >= 0.3 is 0 Å². The number of hydrogen-bond acceptors (Lipinski definition) is 2. The zero-order valence-electron chi connectivity index (χ0n) is 15.2. The third kappa shape index (κ3) is 3.72. The van der Waals surface area contributed by atoms with Gasteiger partial charge in [0.05, 0.1) is 0 Å². The molecule has 0 N–H and O–H groups in total. The van der Waals surface area contributed by atoms with Gasteiger partial charge in [-0.2, -0.15) is 0 Å². The first-order chi connectivity index (χ1) is 11.7. The molecule has 0 unspecified atom stereocenters. The average Bonchev–Trinajstić information content (AvgIpc) is 2.87. The van der Waals surface area contributed by atoms with E-state index < -0.39 is 0 Å². The molecule has 1 saturated heterocycles. The van der Waals surface area contributed by atoms with E-state index in [1.807, 2.05) is 19.2 Å². The SMILES string of the molecule is Cc1c(C(=O)CCCCCN2CCCCC2)c2ccccc2n1C. The van der Waals surface area contributed by atoms with E-state index in [0.29, 0.717) is 12.2 Å². The van der Waals surface area contributed by atoms with Crippen molar-refractivity contribution in [2.24, 2.45) is 7.05 Å². The zero-order chi connectivity index (χ0) is 16.9. The van der Waals surface area contributed by atoms with E-state index in [0.717, 1.165) is 35.0 Å². The highest BCUT2D eigenvalue weighted by Gasteiger charge is 2.17. The van der Waals surface area contributed by atoms with Gasteiger partial charge in [0.25, 0.3) is 0 Å². The molecule has 0 spiro atoms. The second kappa shape index (κ2) is 7.98. The van der Waals surface area contributed by atoms with E-state index in [4.69, 9.17) is 0 Å². The van der Waals surface area contributed by atoms with Gasteiger partial charge in [0, 0.05) is 35.6 Å². The molecule has 0 radical (unpaired) electrons. The van der Waals surface area contributed by atoms with Crippen molar-refractivity contribution in [3.63, 3.8) is 0 Å². The minimum atomic E-state index is 0.308. The van der Waals surface area contributed by atoms with E-state index in [2.05, 4.69) is 28.5 Å². The molecular formula is C21H30N2O. The Kier molecular flexibility index (Phi) is 5.72. The van der Waals surface area contributed by atoms with Crippen molar-refractivity contribution < 1.29 is 4.79 Å². The second-order valence-corrected chi connectivity index (χ2v) is 7.17. The number of benzene rings is 1. The maximum Gasteiger partial charge on any atom is 0.165 e. The summed E-state index contributed by atoms with van der Waals surface area (Å²) in [6, 6.07) is 8.23. The number of piperidine rings is 1. The lowest BCUT2D eigenvalue weighted by Gasteiger charge is -2.26. The van der Waals surface area contributed by atoms with Crippen LogP contribution in [0.3, 0.4) is 0 Å². The molecule has 24 heavy (non-hydrogen) atoms. The van der Waals surface area contributed by atoms with Crippen LogP contribution < -0.4 is 0 Å². The van der Waals surface area contributed by atoms with Crippen molar-refractivity contribution >= 4 is 16.7 Å². The quantitative estimate of drug-likeness (QED) is 0.543. The number of Topliss-reactive ketones (excluding diaryl/α,β-unsaturated/α-hetero) is 1. The van der Waals surface area contributed by atoms with Gasteiger partial charge in [-0.15, -0.1) is 0 Å². The van der Waals surface area contributed by atoms with Crippen LogP contribution >= 0.6 is 0 Å². The summed E-state index contributed by atoms with van der Waals surface area (Å²) >= 11 is 0. The molecule has 3 nitrogen and oxygen atoms in total. The third-order valence-electron chi connectivity index (χ3n) is 5.51. The summed E-state index contributed by atoms with van der Waals surface area (Å²) in [6.07, 6.45) is 8.19. The number of aryl methyl sites for hydroxylation is 1. The summed E-state index contributed by atoms with van der Waals surface area (Å²) in [5, 5.41) is 1.11. The molecule has 1 aliphatic rings. The molecule has 2 aromatic rings. The van der Waals surface area contributed by atoms with Gasteiger partial charge in [0.15, 0.2) is 5.78 Å². The first kappa shape index (κ1) is 17.2. The number of carbonyl (C=O) groups is 1. The highest BCUT2D eigenvalue weighted by molar-refractivity contribution is 6.09. The first-order valence-electron chi connectivity index (χ1n) is 9.48. The number of fused-ring (bicyclic) bond motifs is 1. The summed E-state index contributed by atoms with van der Waals surface area (Å²) < 4.78 is 2.14. The molecule has 0 bridgehead atoms. The van der Waals surface area contributed by atoms with Gasteiger partial charge < -0.3 is 9.47 Å². The van der Waals surface area contributed by atoms with E-state index in [-0.39, 0.29) is 0 Å². The fraction of sp³-hybridized carbons (Fsp3) is 0.571. The lowest BCUT2D eigenvalue weighted by atomic mass is 10.0. The Morgan fingerprint density at radius 1 is 1.04 bits per heavy atom. The van der Waals surface area contributed by atoms with Crippen molar-refractivity contribution in [1.82, 2.24) is 9.47 Å². The average molecular weight is 326 g/mol. The monoisotopic (exact) mass is 326 g/mol. The summed E-state index contributed by atoms with van der Waals surface area (Å²) in [5.41, 5.74) is 3.18. The zero-order valence-corrected chi connectivity index (χ0v) is 15.2. The summed E-state index contributed by atoms with van der Waals surface area (Å²) in [5.74, 6) is 0.308. The molecule has 0 saturated carbocycles. The van der Waals surface area contributed by atoms with Crippen molar-refractivity contribution in [3.05, 3.63) is 35.5 Å². The standard InChI is InChI=1S/C21H30N2O/c1-17-21(18-11-6-7-12-19(18)22(17)2)20(24)13-5-3-8-14-23-15-9-4-10-16-23/h6-7,11-12H,3-5,8-10,13-16H2,1-2H3. The number of carbonyl (C=O) groups excluding carboxylic acids is 1. The van der Waals surface area contributed by atoms with Crippen LogP contribution in [0.1, 0.15) is 61.0 Å². The molecule has 0 amide bonds. The Bertz CT molecular complexity index is 695. The van der Waals surface area contributed by atoms with Crippen molar-refractivity contribution in [3.8, 4) is 0 Å². The molecule has 1 aromatic heterocycles. The van der Waals surface area contributed by atoms with Gasteiger partial charge in [0.1, 0.15) is 0 Å². The van der Waals surface area contributed by atoms with Gasteiger partial charge in [-0.25, -0.2) is 0 Å². The van der Waals surface area contributed by atoms with Crippen LogP contribution in [0.25, 0.3) is 10.9 Å². The van der Waals surface area contributed by atoms with E-state index in [1.165, 1.54) is 45.3 Å². The number of ketones is 1. The van der Waals surface area contributed by atoms with Crippen molar-refractivity contribution in [1.29, 1.82) is 0 Å². The second-order valence-electron chi connectivity index (χ2n) is 7.17. The number of likely N-dealkylation sites (tertiary alicyclic amines) is 1. The van der Waals surface area contributed by atoms with Crippen molar-refractivity contribution in [2.75, 3.05) is 19.6 Å². The fourth-order valence-electron chi connectivity index (χ4n) is 3.98. The van der Waals surface area contributed by atoms with Crippen LogP contribution in [0.4, 0.5) is 0 Å². The summed E-state index contributed by atoms with van der Waals surface area (Å²) in [6.45, 7) is 5.81. The normalized spacial score (nSPS) is 15.9. The fourth-order valence-corrected chi connectivity index (χ4v) is 3.98. The summed E-state index contributed by atoms with van der Waals surface area (Å²) in [4.78, 5) is 15.3. The molecular weight excluding hydrogens is 296 g/mol. The molecule has 0 aliphatic carbocycles. The third-order valence-corrected chi connectivity index (χ3v) is 5.51. The van der Waals surface area contributed by atoms with Crippen LogP contribution in [0.2, 0.25) is 0 Å². The Hall–Kier alpha value is -1.61. The van der Waals surface area contributed by atoms with E-state index >= 15 is 0 Å². The van der Waals surface area contributed by atoms with Crippen LogP contribution in [0.15, 0.2) is 24.3 Å². The van der Waals surface area contributed by atoms with Gasteiger partial charge in [-0.05, 0) is 58.3 Å². The first-order valence-corrected chi connectivity index (χ1v) is 9.48. The highest BCUT2D eigenvalue weighted by atomic mass is 16.1.